The quantitative estimate of drug-likeness (QED) is 0.481. The van der Waals surface area contributed by atoms with E-state index in [2.05, 4.69) is 25.8 Å². The third-order valence-corrected chi connectivity index (χ3v) is 1.70. The molecule has 0 atom stereocenters. The Morgan fingerprint density at radius 2 is 2.10 bits per heavy atom. The predicted octanol–water partition coefficient (Wildman–Crippen LogP) is 3.01. The van der Waals surface area contributed by atoms with Crippen molar-refractivity contribution in [2.45, 2.75) is 12.8 Å². The van der Waals surface area contributed by atoms with Crippen molar-refractivity contribution in [2.24, 2.45) is 0 Å². The lowest BCUT2D eigenvalue weighted by molar-refractivity contribution is 1.02. The van der Waals surface area contributed by atoms with E-state index in [1.807, 2.05) is 6.08 Å². The zero-order chi connectivity index (χ0) is 7.56. The highest BCUT2D eigenvalue weighted by Gasteiger charge is 2.06. The minimum absolute atomic E-state index is 0.942. The van der Waals surface area contributed by atoms with E-state index in [1.165, 1.54) is 11.1 Å². The van der Waals surface area contributed by atoms with Crippen LogP contribution in [0.4, 0.5) is 0 Å². The lowest BCUT2D eigenvalue weighted by atomic mass is 9.92. The number of hydrogen-bond acceptors (Lipinski definition) is 0. The van der Waals surface area contributed by atoms with Crippen LogP contribution in [0, 0.1) is 0 Å². The predicted molar refractivity (Wildman–Crippen MR) is 45.8 cm³/mol. The second-order valence-corrected chi connectivity index (χ2v) is 2.60. The highest BCUT2D eigenvalue weighted by molar-refractivity contribution is 5.43. The molecule has 0 saturated carbocycles. The minimum Gasteiger partial charge on any atom is -0.0992 e. The summed E-state index contributed by atoms with van der Waals surface area (Å²) in [5.74, 6) is 0. The second-order valence-electron chi connectivity index (χ2n) is 2.60. The van der Waals surface area contributed by atoms with Crippen LogP contribution in [-0.4, -0.2) is 0 Å². The SMILES string of the molecule is C=CC1=CCC(=C)CC1=C. The largest absolute Gasteiger partial charge is 0.0992 e. The molecule has 0 heteroatoms. The Kier molecular flexibility index (Phi) is 1.91. The Bertz CT molecular complexity index is 216. The third kappa shape index (κ3) is 1.27. The Labute approximate surface area is 62.3 Å². The van der Waals surface area contributed by atoms with Gasteiger partial charge in [0.1, 0.15) is 0 Å². The molecule has 0 spiro atoms. The molecule has 10 heavy (non-hydrogen) atoms. The molecule has 0 aromatic heterocycles. The van der Waals surface area contributed by atoms with Gasteiger partial charge in [-0.25, -0.2) is 0 Å². The first-order chi connectivity index (χ1) is 4.74. The fourth-order valence-corrected chi connectivity index (χ4v) is 1.10. The summed E-state index contributed by atoms with van der Waals surface area (Å²) >= 11 is 0. The van der Waals surface area contributed by atoms with E-state index in [0.717, 1.165) is 18.4 Å². The zero-order valence-corrected chi connectivity index (χ0v) is 6.19. The monoisotopic (exact) mass is 132 g/mol. The maximum absolute atomic E-state index is 3.92. The Hall–Kier alpha value is -1.04. The average Bonchev–Trinajstić information content (AvgIpc) is 1.88. The van der Waals surface area contributed by atoms with Crippen molar-refractivity contribution in [1.29, 1.82) is 0 Å². The topological polar surface area (TPSA) is 0 Å². The molecule has 0 N–H and O–H groups in total. The molecule has 0 aromatic rings. The van der Waals surface area contributed by atoms with Crippen LogP contribution in [0.3, 0.4) is 0 Å². The zero-order valence-electron chi connectivity index (χ0n) is 6.19. The summed E-state index contributed by atoms with van der Waals surface area (Å²) in [7, 11) is 0. The number of hydrogen-bond donors (Lipinski definition) is 0. The van der Waals surface area contributed by atoms with Crippen molar-refractivity contribution >= 4 is 0 Å². The summed E-state index contributed by atoms with van der Waals surface area (Å²) in [6.45, 7) is 11.5. The Morgan fingerprint density at radius 3 is 2.60 bits per heavy atom. The highest BCUT2D eigenvalue weighted by Crippen LogP contribution is 2.25. The lowest BCUT2D eigenvalue weighted by Gasteiger charge is -2.13. The van der Waals surface area contributed by atoms with E-state index < -0.39 is 0 Å². The van der Waals surface area contributed by atoms with Crippen molar-refractivity contribution in [3.63, 3.8) is 0 Å². The third-order valence-electron chi connectivity index (χ3n) is 1.70. The Balaban J connectivity index is 2.85. The van der Waals surface area contributed by atoms with Crippen molar-refractivity contribution < 1.29 is 0 Å². The summed E-state index contributed by atoms with van der Waals surface area (Å²) in [5, 5.41) is 0. The van der Waals surface area contributed by atoms with Gasteiger partial charge in [0.05, 0.1) is 0 Å². The van der Waals surface area contributed by atoms with Crippen molar-refractivity contribution in [3.05, 3.63) is 48.6 Å². The molecule has 0 saturated heterocycles. The first-order valence-corrected chi connectivity index (χ1v) is 3.41. The second kappa shape index (κ2) is 2.70. The van der Waals surface area contributed by atoms with Gasteiger partial charge in [0.2, 0.25) is 0 Å². The van der Waals surface area contributed by atoms with E-state index >= 15 is 0 Å². The molecule has 1 aliphatic carbocycles. The van der Waals surface area contributed by atoms with Crippen LogP contribution in [0.5, 0.6) is 0 Å². The van der Waals surface area contributed by atoms with Crippen LogP contribution in [0.1, 0.15) is 12.8 Å². The van der Waals surface area contributed by atoms with Crippen molar-refractivity contribution in [1.82, 2.24) is 0 Å². The van der Waals surface area contributed by atoms with E-state index in [9.17, 15) is 0 Å². The van der Waals surface area contributed by atoms with Crippen LogP contribution in [0.2, 0.25) is 0 Å². The molecule has 0 radical (unpaired) electrons. The molecule has 0 aromatic carbocycles. The highest BCUT2D eigenvalue weighted by atomic mass is 14.1. The molecule has 0 fully saturated rings. The molecule has 52 valence electrons. The normalized spacial score (nSPS) is 18.6. The van der Waals surface area contributed by atoms with Crippen LogP contribution in [-0.2, 0) is 0 Å². The lowest BCUT2D eigenvalue weighted by Crippen LogP contribution is -1.94. The van der Waals surface area contributed by atoms with Gasteiger partial charge >= 0.3 is 0 Å². The smallest absolute Gasteiger partial charge is 0.00668 e. The molecular weight excluding hydrogens is 120 g/mol. The molecule has 0 amide bonds. The van der Waals surface area contributed by atoms with E-state index in [0.29, 0.717) is 0 Å². The summed E-state index contributed by atoms with van der Waals surface area (Å²) in [5.41, 5.74) is 3.58. The van der Waals surface area contributed by atoms with Crippen molar-refractivity contribution in [2.75, 3.05) is 0 Å². The van der Waals surface area contributed by atoms with Crippen molar-refractivity contribution in [3.8, 4) is 0 Å². The minimum atomic E-state index is 0.942. The molecule has 0 nitrogen and oxygen atoms in total. The van der Waals surface area contributed by atoms with Gasteiger partial charge in [-0.1, -0.05) is 37.5 Å². The number of rotatable bonds is 1. The summed E-state index contributed by atoms with van der Waals surface area (Å²) in [6, 6.07) is 0. The van der Waals surface area contributed by atoms with Gasteiger partial charge in [0.15, 0.2) is 0 Å². The first-order valence-electron chi connectivity index (χ1n) is 3.41. The van der Waals surface area contributed by atoms with Gasteiger partial charge in [-0.05, 0) is 24.0 Å². The molecule has 0 unspecified atom stereocenters. The summed E-state index contributed by atoms with van der Waals surface area (Å²) in [6.07, 6.45) is 5.91. The Morgan fingerprint density at radius 1 is 1.40 bits per heavy atom. The summed E-state index contributed by atoms with van der Waals surface area (Å²) < 4.78 is 0. The van der Waals surface area contributed by atoms with E-state index in [-0.39, 0.29) is 0 Å². The van der Waals surface area contributed by atoms with Gasteiger partial charge < -0.3 is 0 Å². The molecule has 0 bridgehead atoms. The van der Waals surface area contributed by atoms with Gasteiger partial charge in [-0.3, -0.25) is 0 Å². The molecular formula is C10H12. The molecule has 0 aliphatic heterocycles. The maximum Gasteiger partial charge on any atom is -0.00668 e. The molecule has 0 heterocycles. The van der Waals surface area contributed by atoms with Crippen LogP contribution >= 0.6 is 0 Å². The number of allylic oxidation sites excluding steroid dienone is 5. The van der Waals surface area contributed by atoms with Gasteiger partial charge in [-0.2, -0.15) is 0 Å². The van der Waals surface area contributed by atoms with E-state index in [4.69, 9.17) is 0 Å². The van der Waals surface area contributed by atoms with Gasteiger partial charge in [0, 0.05) is 0 Å². The summed E-state index contributed by atoms with van der Waals surface area (Å²) in [4.78, 5) is 0. The van der Waals surface area contributed by atoms with Gasteiger partial charge in [0.25, 0.3) is 0 Å². The van der Waals surface area contributed by atoms with E-state index in [1.54, 1.807) is 0 Å². The first kappa shape index (κ1) is 7.07. The standard InChI is InChI=1S/C10H12/c1-4-10-6-5-8(2)7-9(10)3/h4,6H,1-3,5,7H2. The van der Waals surface area contributed by atoms with Crippen LogP contribution in [0.25, 0.3) is 0 Å². The van der Waals surface area contributed by atoms with Gasteiger partial charge in [-0.15, -0.1) is 0 Å². The fourth-order valence-electron chi connectivity index (χ4n) is 1.10. The molecule has 1 aliphatic rings. The average molecular weight is 132 g/mol. The maximum atomic E-state index is 3.92. The van der Waals surface area contributed by atoms with Crippen LogP contribution < -0.4 is 0 Å². The molecule has 1 rings (SSSR count). The van der Waals surface area contributed by atoms with Crippen LogP contribution in [0.15, 0.2) is 48.6 Å². The fraction of sp³-hybridized carbons (Fsp3) is 0.200.